The van der Waals surface area contributed by atoms with Crippen LogP contribution >= 0.6 is 11.8 Å². The van der Waals surface area contributed by atoms with Gasteiger partial charge in [0.25, 0.3) is 0 Å². The molecular weight excluding hydrogens is 256 g/mol. The number of thioether (sulfide) groups is 1. The smallest absolute Gasteiger partial charge is 0.238 e. The molecule has 1 aromatic carbocycles. The second-order valence-electron chi connectivity index (χ2n) is 5.06. The van der Waals surface area contributed by atoms with Crippen LogP contribution in [-0.2, 0) is 11.2 Å². The van der Waals surface area contributed by atoms with Gasteiger partial charge in [-0.25, -0.2) is 0 Å². The maximum Gasteiger partial charge on any atom is 0.238 e. The average Bonchev–Trinajstić information content (AvgIpc) is 3.22. The van der Waals surface area contributed by atoms with Crippen molar-refractivity contribution in [1.82, 2.24) is 5.32 Å². The molecule has 3 nitrogen and oxygen atoms in total. The number of anilines is 1. The lowest BCUT2D eigenvalue weighted by Crippen LogP contribution is -2.29. The molecule has 1 aromatic rings. The number of amides is 1. The summed E-state index contributed by atoms with van der Waals surface area (Å²) in [6, 6.07) is 8.13. The summed E-state index contributed by atoms with van der Waals surface area (Å²) in [5, 5.41) is 6.10. The molecule has 0 radical (unpaired) electrons. The molecule has 1 fully saturated rings. The number of hydrogen-bond acceptors (Lipinski definition) is 3. The molecule has 2 rings (SSSR count). The molecule has 0 spiro atoms. The fourth-order valence-electron chi connectivity index (χ4n) is 1.89. The first-order valence-corrected chi connectivity index (χ1v) is 8.26. The van der Waals surface area contributed by atoms with Crippen LogP contribution in [0.15, 0.2) is 24.3 Å². The van der Waals surface area contributed by atoms with Gasteiger partial charge in [-0.2, -0.15) is 11.8 Å². The number of benzene rings is 1. The van der Waals surface area contributed by atoms with Gasteiger partial charge in [0, 0.05) is 5.69 Å². The van der Waals surface area contributed by atoms with E-state index in [0.717, 1.165) is 30.3 Å². The maximum absolute atomic E-state index is 11.7. The van der Waals surface area contributed by atoms with Crippen LogP contribution in [0.5, 0.6) is 0 Å². The minimum atomic E-state index is 0.0394. The van der Waals surface area contributed by atoms with Gasteiger partial charge in [-0.3, -0.25) is 4.79 Å². The Morgan fingerprint density at radius 1 is 1.32 bits per heavy atom. The van der Waals surface area contributed by atoms with Gasteiger partial charge < -0.3 is 10.6 Å². The molecule has 1 amide bonds. The third kappa shape index (κ3) is 5.66. The predicted molar refractivity (Wildman–Crippen MR) is 82.8 cm³/mol. The molecule has 0 heterocycles. The highest BCUT2D eigenvalue weighted by Crippen LogP contribution is 2.27. The van der Waals surface area contributed by atoms with Crippen LogP contribution in [0, 0.1) is 5.92 Å². The molecule has 0 bridgehead atoms. The van der Waals surface area contributed by atoms with Gasteiger partial charge in [-0.05, 0) is 61.4 Å². The van der Waals surface area contributed by atoms with Crippen molar-refractivity contribution < 1.29 is 4.79 Å². The van der Waals surface area contributed by atoms with Gasteiger partial charge >= 0.3 is 0 Å². The molecule has 0 saturated heterocycles. The van der Waals surface area contributed by atoms with Crippen molar-refractivity contribution in [1.29, 1.82) is 0 Å². The van der Waals surface area contributed by atoms with Crippen LogP contribution in [0.25, 0.3) is 0 Å². The van der Waals surface area contributed by atoms with E-state index in [4.69, 9.17) is 0 Å². The molecule has 0 atom stereocenters. The lowest BCUT2D eigenvalue weighted by molar-refractivity contribution is -0.115. The second-order valence-corrected chi connectivity index (χ2v) is 6.05. The zero-order chi connectivity index (χ0) is 13.5. The Hall–Kier alpha value is -1.00. The van der Waals surface area contributed by atoms with Crippen molar-refractivity contribution >= 4 is 23.4 Å². The van der Waals surface area contributed by atoms with Crippen LogP contribution in [0.4, 0.5) is 5.69 Å². The van der Waals surface area contributed by atoms with Gasteiger partial charge in [0.15, 0.2) is 0 Å². The third-order valence-electron chi connectivity index (χ3n) is 3.25. The van der Waals surface area contributed by atoms with Crippen molar-refractivity contribution in [2.75, 3.05) is 30.4 Å². The number of hydrogen-bond donors (Lipinski definition) is 2. The fraction of sp³-hybridized carbons (Fsp3) is 0.533. The van der Waals surface area contributed by atoms with Crippen molar-refractivity contribution in [3.05, 3.63) is 29.8 Å². The monoisotopic (exact) mass is 278 g/mol. The second kappa shape index (κ2) is 7.56. The summed E-state index contributed by atoms with van der Waals surface area (Å²) < 4.78 is 0. The summed E-state index contributed by atoms with van der Waals surface area (Å²) in [5.74, 6) is 1.98. The molecule has 0 aromatic heterocycles. The standard InChI is InChI=1S/C15H22N2OS/c1-19-9-8-12-4-6-14(7-5-12)17-15(18)11-16-10-13-2-3-13/h4-7,13,16H,2-3,8-11H2,1H3,(H,17,18). The van der Waals surface area contributed by atoms with E-state index in [2.05, 4.69) is 29.0 Å². The first-order chi connectivity index (χ1) is 9.28. The summed E-state index contributed by atoms with van der Waals surface area (Å²) in [5.41, 5.74) is 2.20. The predicted octanol–water partition coefficient (Wildman–Crippen LogP) is 2.53. The number of aryl methyl sites for hydroxylation is 1. The van der Waals surface area contributed by atoms with Crippen molar-refractivity contribution in [2.24, 2.45) is 5.92 Å². The van der Waals surface area contributed by atoms with E-state index >= 15 is 0 Å². The van der Waals surface area contributed by atoms with E-state index in [1.54, 1.807) is 0 Å². The van der Waals surface area contributed by atoms with Crippen LogP contribution in [0.2, 0.25) is 0 Å². The molecule has 1 aliphatic rings. The van der Waals surface area contributed by atoms with Crippen molar-refractivity contribution in [2.45, 2.75) is 19.3 Å². The summed E-state index contributed by atoms with van der Waals surface area (Å²) in [6.07, 6.45) is 5.82. The maximum atomic E-state index is 11.7. The zero-order valence-electron chi connectivity index (χ0n) is 11.4. The summed E-state index contributed by atoms with van der Waals surface area (Å²) in [4.78, 5) is 11.7. The van der Waals surface area contributed by atoms with Crippen LogP contribution in [-0.4, -0.2) is 31.0 Å². The highest BCUT2D eigenvalue weighted by Gasteiger charge is 2.20. The summed E-state index contributed by atoms with van der Waals surface area (Å²) in [7, 11) is 0. The number of carbonyl (C=O) groups excluding carboxylic acids is 1. The Bertz CT molecular complexity index is 401. The quantitative estimate of drug-likeness (QED) is 0.768. The SMILES string of the molecule is CSCCc1ccc(NC(=O)CNCC2CC2)cc1. The van der Waals surface area contributed by atoms with Crippen molar-refractivity contribution in [3.63, 3.8) is 0 Å². The van der Waals surface area contributed by atoms with Gasteiger partial charge in [0.05, 0.1) is 6.54 Å². The van der Waals surface area contributed by atoms with E-state index in [-0.39, 0.29) is 5.91 Å². The Kier molecular flexibility index (Phi) is 5.73. The Labute approximate surface area is 119 Å². The van der Waals surface area contributed by atoms with Crippen LogP contribution in [0.3, 0.4) is 0 Å². The third-order valence-corrected chi connectivity index (χ3v) is 3.86. The highest BCUT2D eigenvalue weighted by atomic mass is 32.2. The highest BCUT2D eigenvalue weighted by molar-refractivity contribution is 7.98. The van der Waals surface area contributed by atoms with Crippen LogP contribution in [0.1, 0.15) is 18.4 Å². The van der Waals surface area contributed by atoms with E-state index in [0.29, 0.717) is 6.54 Å². The molecule has 0 unspecified atom stereocenters. The molecular formula is C15H22N2OS. The minimum absolute atomic E-state index is 0.0394. The molecule has 4 heteroatoms. The largest absolute Gasteiger partial charge is 0.325 e. The van der Waals surface area contributed by atoms with E-state index in [9.17, 15) is 4.79 Å². The first-order valence-electron chi connectivity index (χ1n) is 6.86. The molecule has 1 saturated carbocycles. The van der Waals surface area contributed by atoms with E-state index in [1.165, 1.54) is 18.4 Å². The Balaban J connectivity index is 1.69. The van der Waals surface area contributed by atoms with Gasteiger partial charge in [-0.1, -0.05) is 12.1 Å². The lowest BCUT2D eigenvalue weighted by Gasteiger charge is -2.07. The van der Waals surface area contributed by atoms with Crippen LogP contribution < -0.4 is 10.6 Å². The Morgan fingerprint density at radius 3 is 2.68 bits per heavy atom. The van der Waals surface area contributed by atoms with Gasteiger partial charge in [0.1, 0.15) is 0 Å². The average molecular weight is 278 g/mol. The van der Waals surface area contributed by atoms with Gasteiger partial charge in [0.2, 0.25) is 5.91 Å². The molecule has 19 heavy (non-hydrogen) atoms. The van der Waals surface area contributed by atoms with E-state index < -0.39 is 0 Å². The topological polar surface area (TPSA) is 41.1 Å². The molecule has 1 aliphatic carbocycles. The molecule has 104 valence electrons. The summed E-state index contributed by atoms with van der Waals surface area (Å²) in [6.45, 7) is 1.38. The molecule has 0 aliphatic heterocycles. The molecule has 2 N–H and O–H groups in total. The van der Waals surface area contributed by atoms with E-state index in [1.807, 2.05) is 23.9 Å². The van der Waals surface area contributed by atoms with Gasteiger partial charge in [-0.15, -0.1) is 0 Å². The first kappa shape index (κ1) is 14.4. The lowest BCUT2D eigenvalue weighted by atomic mass is 10.1. The minimum Gasteiger partial charge on any atom is -0.325 e. The van der Waals surface area contributed by atoms with Crippen molar-refractivity contribution in [3.8, 4) is 0 Å². The zero-order valence-corrected chi connectivity index (χ0v) is 12.3. The normalized spacial score (nSPS) is 14.4. The summed E-state index contributed by atoms with van der Waals surface area (Å²) >= 11 is 1.85. The fourth-order valence-corrected chi connectivity index (χ4v) is 2.33. The number of rotatable bonds is 8. The number of carbonyl (C=O) groups is 1. The number of nitrogens with one attached hydrogen (secondary N) is 2. The Morgan fingerprint density at radius 2 is 2.05 bits per heavy atom.